The molecule has 8 nitrogen and oxygen atoms in total. The van der Waals surface area contributed by atoms with Gasteiger partial charge in [0, 0.05) is 16.7 Å². The van der Waals surface area contributed by atoms with E-state index in [1.165, 1.54) is 0 Å². The molecule has 1 unspecified atom stereocenters. The van der Waals surface area contributed by atoms with E-state index in [0.717, 1.165) is 18.4 Å². The van der Waals surface area contributed by atoms with Crippen LogP contribution in [0.25, 0.3) is 0 Å². The number of phosphoric ester groups is 1. The molecule has 0 heterocycles. The molecule has 32 heavy (non-hydrogen) atoms. The Labute approximate surface area is 232 Å². The first-order valence-corrected chi connectivity index (χ1v) is 11.9. The summed E-state index contributed by atoms with van der Waals surface area (Å²) < 4.78 is 15.4. The predicted octanol–water partition coefficient (Wildman–Crippen LogP) is 0.378. The first-order chi connectivity index (χ1) is 13.8. The average Bonchev–Trinajstić information content (AvgIpc) is 2.91. The molecular weight excluding hydrogens is 457 g/mol. The number of phosphoric acid groups is 1. The summed E-state index contributed by atoms with van der Waals surface area (Å²) in [5.74, 6) is -0.888. The zero-order valence-corrected chi connectivity index (χ0v) is 18.0. The van der Waals surface area contributed by atoms with Crippen molar-refractivity contribution in [2.45, 2.75) is 57.7 Å². The van der Waals surface area contributed by atoms with Gasteiger partial charge in [-0.15, -0.1) is 0 Å². The predicted molar refractivity (Wildman–Crippen MR) is 120 cm³/mol. The molecule has 4 N–H and O–H groups in total. The molecule has 0 aromatic rings. The van der Waals surface area contributed by atoms with Crippen molar-refractivity contribution in [3.8, 4) is 0 Å². The van der Waals surface area contributed by atoms with E-state index < -0.39 is 42.7 Å². The van der Waals surface area contributed by atoms with Crippen molar-refractivity contribution >= 4 is 78.5 Å². The van der Waals surface area contributed by atoms with Gasteiger partial charge in [0.05, 0.1) is 6.10 Å². The van der Waals surface area contributed by atoms with Crippen LogP contribution in [0.5, 0.6) is 0 Å². The molecule has 0 aromatic carbocycles. The van der Waals surface area contributed by atoms with Gasteiger partial charge >= 0.3 is 66.9 Å². The molecule has 0 saturated heterocycles. The molecule has 4 aliphatic carbocycles. The van der Waals surface area contributed by atoms with Crippen molar-refractivity contribution in [1.29, 1.82) is 0 Å². The minimum atomic E-state index is -4.84. The molecule has 3 fully saturated rings. The number of aliphatic hydroxyl groups excluding tert-OH is 1. The molecule has 0 aromatic heterocycles. The van der Waals surface area contributed by atoms with Gasteiger partial charge in [0.15, 0.2) is 11.6 Å². The Hall–Kier alpha value is 0.850. The third-order valence-electron chi connectivity index (χ3n) is 8.47. The van der Waals surface area contributed by atoms with Crippen LogP contribution in [0.4, 0.5) is 0 Å². The zero-order valence-electron chi connectivity index (χ0n) is 17.2. The Morgan fingerprint density at radius 1 is 1.25 bits per heavy atom. The van der Waals surface area contributed by atoms with Crippen LogP contribution >= 0.6 is 7.82 Å². The Bertz CT molecular complexity index is 900. The second kappa shape index (κ2) is 9.72. The van der Waals surface area contributed by atoms with Crippen LogP contribution in [0, 0.1) is 28.6 Å². The maximum atomic E-state index is 12.8. The molecule has 11 heteroatoms. The molecule has 0 spiro atoms. The van der Waals surface area contributed by atoms with Crippen molar-refractivity contribution in [1.82, 2.24) is 0 Å². The summed E-state index contributed by atoms with van der Waals surface area (Å²) >= 11 is 0. The normalized spacial score (nSPS) is 42.6. The van der Waals surface area contributed by atoms with Gasteiger partial charge in [0.1, 0.15) is 12.2 Å². The van der Waals surface area contributed by atoms with E-state index in [4.69, 9.17) is 9.79 Å². The molecule has 7 atom stereocenters. The van der Waals surface area contributed by atoms with E-state index in [2.05, 4.69) is 4.52 Å². The van der Waals surface area contributed by atoms with Crippen molar-refractivity contribution in [3.63, 3.8) is 0 Å². The summed E-state index contributed by atoms with van der Waals surface area (Å²) in [6.07, 6.45) is 6.76. The summed E-state index contributed by atoms with van der Waals surface area (Å²) in [6, 6.07) is 0. The van der Waals surface area contributed by atoms with Gasteiger partial charge in [-0.1, -0.05) is 25.5 Å². The number of hydrogen-bond acceptors (Lipinski definition) is 6. The third kappa shape index (κ3) is 4.54. The number of carbonyl (C=O) groups excluding carboxylic acids is 2. The summed E-state index contributed by atoms with van der Waals surface area (Å²) in [6.45, 7) is 2.97. The van der Waals surface area contributed by atoms with E-state index in [-0.39, 0.29) is 95.5 Å². The van der Waals surface area contributed by atoms with Crippen LogP contribution in [0.15, 0.2) is 23.8 Å². The van der Waals surface area contributed by atoms with E-state index in [9.17, 15) is 24.4 Å². The first-order valence-electron chi connectivity index (χ1n) is 10.4. The topological polar surface area (TPSA) is 141 Å². The molecule has 4 aliphatic rings. The second-order valence-corrected chi connectivity index (χ2v) is 11.0. The molecule has 0 aliphatic heterocycles. The van der Waals surface area contributed by atoms with Crippen molar-refractivity contribution in [3.05, 3.63) is 23.8 Å². The number of hydrogen-bond donors (Lipinski definition) is 4. The number of ketones is 2. The molecule has 170 valence electrons. The van der Waals surface area contributed by atoms with Gasteiger partial charge in [0.25, 0.3) is 0 Å². The molecule has 0 amide bonds. The van der Waals surface area contributed by atoms with E-state index in [1.54, 1.807) is 19.1 Å². The maximum absolute atomic E-state index is 12.8. The summed E-state index contributed by atoms with van der Waals surface area (Å²) in [7, 11) is -4.84. The third-order valence-corrected chi connectivity index (χ3v) is 8.94. The van der Waals surface area contributed by atoms with Gasteiger partial charge < -0.3 is 20.0 Å². The van der Waals surface area contributed by atoms with Crippen LogP contribution < -0.4 is 0 Å². The van der Waals surface area contributed by atoms with Crippen molar-refractivity contribution in [2.24, 2.45) is 28.6 Å². The molecular formula is C21H31Na2O8P. The summed E-state index contributed by atoms with van der Waals surface area (Å²) in [5.41, 5.74) is -2.15. The summed E-state index contributed by atoms with van der Waals surface area (Å²) in [4.78, 5) is 42.5. The van der Waals surface area contributed by atoms with Crippen LogP contribution in [-0.4, -0.2) is 109 Å². The SMILES string of the molecule is C[C@]12C=CC(=O)C=C1CC[C@@H]1[C@@H]2C(O)C[C@@]2(C)[C@H]1CC[C@]2(O)C(=O)COP(=O)(O)O.[NaH].[NaH]. The van der Waals surface area contributed by atoms with E-state index in [1.807, 2.05) is 13.0 Å². The number of allylic oxidation sites excluding steroid dienone is 4. The quantitative estimate of drug-likeness (QED) is 0.329. The number of Topliss-reactive ketones (excluding diaryl/α,β-unsaturated/α-hetero) is 1. The van der Waals surface area contributed by atoms with Gasteiger partial charge in [0.2, 0.25) is 0 Å². The molecule has 0 bridgehead atoms. The van der Waals surface area contributed by atoms with Crippen LogP contribution in [0.2, 0.25) is 0 Å². The fourth-order valence-corrected chi connectivity index (χ4v) is 7.34. The standard InChI is InChI=1S/C21H29O8P.2Na.2H/c1-19-7-5-13(22)9-12(19)3-4-14-15-6-8-21(25,17(24)11-29-30(26,27)28)20(15,2)10-16(23)18(14)19;;;;/h5,7,9,14-16,18,23,25H,3-4,6,8,10-11H2,1-2H3,(H2,26,27,28);;;;/t14-,15-,16?,18+,19-,20-,21-;;;;/m0..../s1. The van der Waals surface area contributed by atoms with Gasteiger partial charge in [-0.25, -0.2) is 4.57 Å². The fraction of sp³-hybridized carbons (Fsp3) is 0.714. The van der Waals surface area contributed by atoms with Crippen LogP contribution in [-0.2, 0) is 18.7 Å². The van der Waals surface area contributed by atoms with Gasteiger partial charge in [-0.2, -0.15) is 0 Å². The zero-order chi connectivity index (χ0) is 22.1. The number of rotatable bonds is 4. The number of carbonyl (C=O) groups is 2. The summed E-state index contributed by atoms with van der Waals surface area (Å²) in [5, 5.41) is 22.6. The minimum absolute atomic E-state index is 0. The Balaban J connectivity index is 0.00000181. The Morgan fingerprint density at radius 3 is 2.53 bits per heavy atom. The number of fused-ring (bicyclic) bond motifs is 5. The second-order valence-electron chi connectivity index (χ2n) is 9.80. The van der Waals surface area contributed by atoms with Crippen LogP contribution in [0.1, 0.15) is 46.0 Å². The van der Waals surface area contributed by atoms with Gasteiger partial charge in [-0.3, -0.25) is 14.1 Å². The van der Waals surface area contributed by atoms with Crippen molar-refractivity contribution in [2.75, 3.05) is 6.61 Å². The Morgan fingerprint density at radius 2 is 1.91 bits per heavy atom. The molecule has 3 saturated carbocycles. The fourth-order valence-electron chi connectivity index (χ4n) is 7.05. The average molecular weight is 488 g/mol. The van der Waals surface area contributed by atoms with E-state index in [0.29, 0.717) is 6.42 Å². The van der Waals surface area contributed by atoms with Crippen LogP contribution in [0.3, 0.4) is 0 Å². The monoisotopic (exact) mass is 488 g/mol. The first kappa shape index (κ1) is 29.1. The van der Waals surface area contributed by atoms with E-state index >= 15 is 0 Å². The van der Waals surface area contributed by atoms with Crippen molar-refractivity contribution < 1.29 is 38.7 Å². The van der Waals surface area contributed by atoms with Gasteiger partial charge in [-0.05, 0) is 56.1 Å². The molecule has 0 radical (unpaired) electrons. The molecule has 4 rings (SSSR count). The number of aliphatic hydroxyl groups is 2. The Kier molecular flexibility index (Phi) is 8.83.